The van der Waals surface area contributed by atoms with Gasteiger partial charge in [0, 0.05) is 42.3 Å². The van der Waals surface area contributed by atoms with Gasteiger partial charge in [0.25, 0.3) is 5.91 Å². The lowest BCUT2D eigenvalue weighted by Gasteiger charge is -2.27. The highest BCUT2D eigenvalue weighted by atomic mass is 32.2. The molecule has 2 aliphatic rings. The molecule has 0 aliphatic carbocycles. The van der Waals surface area contributed by atoms with Crippen LogP contribution in [0.1, 0.15) is 19.4 Å². The lowest BCUT2D eigenvalue weighted by molar-refractivity contribution is -0.135. The number of morpholine rings is 1. The molecular weight excluding hydrogens is 488 g/mol. The minimum Gasteiger partial charge on any atom is -0.494 e. The van der Waals surface area contributed by atoms with Crippen molar-refractivity contribution in [2.75, 3.05) is 39.5 Å². The van der Waals surface area contributed by atoms with Gasteiger partial charge in [-0.25, -0.2) is 4.99 Å². The molecule has 192 valence electrons. The first-order valence-electron chi connectivity index (χ1n) is 12.5. The number of thioether (sulfide) groups is 1. The Morgan fingerprint density at radius 3 is 2.59 bits per heavy atom. The smallest absolute Gasteiger partial charge is 0.266 e. The van der Waals surface area contributed by atoms with E-state index in [9.17, 15) is 9.59 Å². The van der Waals surface area contributed by atoms with Gasteiger partial charge in [0.2, 0.25) is 5.91 Å². The molecule has 0 atom stereocenters. The number of amides is 2. The molecule has 1 aromatic heterocycles. The first-order chi connectivity index (χ1) is 18.1. The number of nitrogens with zero attached hydrogens (tertiary/aromatic N) is 4. The number of rotatable bonds is 7. The molecule has 3 heterocycles. The van der Waals surface area contributed by atoms with Gasteiger partial charge in [-0.15, -0.1) is 0 Å². The van der Waals surface area contributed by atoms with Gasteiger partial charge >= 0.3 is 0 Å². The van der Waals surface area contributed by atoms with Gasteiger partial charge in [0.05, 0.1) is 30.4 Å². The topological polar surface area (TPSA) is 76.4 Å². The molecule has 0 saturated carbocycles. The quantitative estimate of drug-likeness (QED) is 0.430. The number of hydrogen-bond donors (Lipinski definition) is 0. The third-order valence-corrected chi connectivity index (χ3v) is 7.36. The third-order valence-electron chi connectivity index (χ3n) is 6.35. The Hall–Kier alpha value is -3.56. The molecule has 2 fully saturated rings. The molecule has 9 heteroatoms. The van der Waals surface area contributed by atoms with Crippen molar-refractivity contribution in [1.82, 2.24) is 14.4 Å². The van der Waals surface area contributed by atoms with E-state index in [1.807, 2.05) is 84.1 Å². The van der Waals surface area contributed by atoms with Gasteiger partial charge < -0.3 is 18.9 Å². The number of carbonyl (C=O) groups is 2. The van der Waals surface area contributed by atoms with Crippen molar-refractivity contribution >= 4 is 51.4 Å². The highest BCUT2D eigenvalue weighted by Crippen LogP contribution is 2.35. The van der Waals surface area contributed by atoms with Crippen molar-refractivity contribution in [2.24, 2.45) is 4.99 Å². The number of para-hydroxylation sites is 1. The number of likely N-dealkylation sites (N-methyl/N-ethyl adjacent to an activating group) is 1. The summed E-state index contributed by atoms with van der Waals surface area (Å²) in [5, 5.41) is 1.65. The Balaban J connectivity index is 1.42. The Labute approximate surface area is 220 Å². The summed E-state index contributed by atoms with van der Waals surface area (Å²) in [6.07, 6.45) is 3.87. The third kappa shape index (κ3) is 5.42. The van der Waals surface area contributed by atoms with Crippen LogP contribution in [0.2, 0.25) is 0 Å². The fourth-order valence-corrected chi connectivity index (χ4v) is 5.54. The van der Waals surface area contributed by atoms with Gasteiger partial charge in [0.1, 0.15) is 12.3 Å². The molecule has 5 rings (SSSR count). The summed E-state index contributed by atoms with van der Waals surface area (Å²) in [5.41, 5.74) is 2.62. The minimum atomic E-state index is -0.0709. The zero-order valence-corrected chi connectivity index (χ0v) is 21.9. The van der Waals surface area contributed by atoms with Crippen molar-refractivity contribution in [1.29, 1.82) is 0 Å². The molecule has 3 aromatic rings. The molecule has 0 radical (unpaired) electrons. The van der Waals surface area contributed by atoms with Crippen LogP contribution >= 0.6 is 11.8 Å². The van der Waals surface area contributed by atoms with E-state index in [-0.39, 0.29) is 18.4 Å². The Morgan fingerprint density at radius 1 is 1.11 bits per heavy atom. The van der Waals surface area contributed by atoms with E-state index in [1.165, 1.54) is 11.8 Å². The van der Waals surface area contributed by atoms with Crippen LogP contribution in [0.5, 0.6) is 5.75 Å². The van der Waals surface area contributed by atoms with Crippen LogP contribution < -0.4 is 4.74 Å². The minimum absolute atomic E-state index is 0.0662. The van der Waals surface area contributed by atoms with E-state index < -0.39 is 0 Å². The Bertz CT molecular complexity index is 1360. The standard InChI is InChI=1S/C28H30N4O4S/c1-3-32-27(34)25(37-28(32)29-21-9-11-22(12-10-21)36-4-2)17-20-18-31(24-8-6-5-7-23(20)24)19-26(33)30-13-15-35-16-14-30/h5-12,17-18H,3-4,13-16,19H2,1-2H3/b25-17-,29-28?. The molecule has 2 amide bonds. The summed E-state index contributed by atoms with van der Waals surface area (Å²) < 4.78 is 12.9. The molecule has 0 spiro atoms. The number of hydrogen-bond acceptors (Lipinski definition) is 6. The highest BCUT2D eigenvalue weighted by Gasteiger charge is 2.32. The second-order valence-corrected chi connectivity index (χ2v) is 9.71. The van der Waals surface area contributed by atoms with Crippen LogP contribution in [-0.2, 0) is 20.9 Å². The molecule has 2 saturated heterocycles. The number of aliphatic imine (C=N–C) groups is 1. The van der Waals surface area contributed by atoms with Crippen LogP contribution in [-0.4, -0.2) is 70.8 Å². The number of carbonyl (C=O) groups excluding carboxylic acids is 2. The summed E-state index contributed by atoms with van der Waals surface area (Å²) in [6.45, 7) is 7.64. The molecular formula is C28H30N4O4S. The normalized spacial score (nSPS) is 18.4. The molecule has 0 unspecified atom stereocenters. The molecule has 2 aromatic carbocycles. The van der Waals surface area contributed by atoms with Crippen LogP contribution in [0, 0.1) is 0 Å². The Morgan fingerprint density at radius 2 is 1.86 bits per heavy atom. The summed E-state index contributed by atoms with van der Waals surface area (Å²) in [6, 6.07) is 15.5. The molecule has 0 N–H and O–H groups in total. The first kappa shape index (κ1) is 25.1. The van der Waals surface area contributed by atoms with E-state index in [0.29, 0.717) is 49.5 Å². The number of amidine groups is 1. The molecule has 0 bridgehead atoms. The van der Waals surface area contributed by atoms with Gasteiger partial charge in [-0.3, -0.25) is 14.5 Å². The first-order valence-corrected chi connectivity index (χ1v) is 13.4. The zero-order chi connectivity index (χ0) is 25.8. The van der Waals surface area contributed by atoms with Crippen LogP contribution in [0.15, 0.2) is 64.6 Å². The lowest BCUT2D eigenvalue weighted by Crippen LogP contribution is -2.42. The number of fused-ring (bicyclic) bond motifs is 1. The summed E-state index contributed by atoms with van der Waals surface area (Å²) in [4.78, 5) is 35.1. The van der Waals surface area contributed by atoms with Gasteiger partial charge in [0.15, 0.2) is 5.17 Å². The monoisotopic (exact) mass is 518 g/mol. The predicted octanol–water partition coefficient (Wildman–Crippen LogP) is 4.52. The van der Waals surface area contributed by atoms with Crippen LogP contribution in [0.25, 0.3) is 17.0 Å². The number of ether oxygens (including phenoxy) is 2. The van der Waals surface area contributed by atoms with Crippen molar-refractivity contribution in [2.45, 2.75) is 20.4 Å². The second kappa shape index (κ2) is 11.2. The van der Waals surface area contributed by atoms with E-state index in [1.54, 1.807) is 4.90 Å². The highest BCUT2D eigenvalue weighted by molar-refractivity contribution is 8.18. The van der Waals surface area contributed by atoms with Crippen molar-refractivity contribution < 1.29 is 19.1 Å². The predicted molar refractivity (Wildman–Crippen MR) is 147 cm³/mol. The van der Waals surface area contributed by atoms with Crippen LogP contribution in [0.3, 0.4) is 0 Å². The van der Waals surface area contributed by atoms with Crippen molar-refractivity contribution in [3.63, 3.8) is 0 Å². The summed E-state index contributed by atoms with van der Waals surface area (Å²) in [7, 11) is 0. The van der Waals surface area contributed by atoms with Gasteiger partial charge in [-0.1, -0.05) is 18.2 Å². The average Bonchev–Trinajstić information content (AvgIpc) is 3.42. The number of benzene rings is 2. The van der Waals surface area contributed by atoms with E-state index in [0.717, 1.165) is 27.9 Å². The van der Waals surface area contributed by atoms with E-state index >= 15 is 0 Å². The maximum absolute atomic E-state index is 13.3. The molecule has 37 heavy (non-hydrogen) atoms. The maximum atomic E-state index is 13.3. The lowest BCUT2D eigenvalue weighted by atomic mass is 10.1. The fraction of sp³-hybridized carbons (Fsp3) is 0.321. The SMILES string of the molecule is CCOc1ccc(N=C2S/C(=C\c3cn(CC(=O)N4CCOCC4)c4ccccc34)C(=O)N2CC)cc1. The van der Waals surface area contributed by atoms with E-state index in [2.05, 4.69) is 0 Å². The van der Waals surface area contributed by atoms with Crippen LogP contribution in [0.4, 0.5) is 5.69 Å². The Kier molecular flexibility index (Phi) is 7.62. The molecule has 2 aliphatic heterocycles. The second-order valence-electron chi connectivity index (χ2n) is 8.70. The van der Waals surface area contributed by atoms with Crippen molar-refractivity contribution in [3.8, 4) is 5.75 Å². The van der Waals surface area contributed by atoms with Gasteiger partial charge in [-0.05, 0) is 62.0 Å². The zero-order valence-electron chi connectivity index (χ0n) is 21.1. The summed E-state index contributed by atoms with van der Waals surface area (Å²) >= 11 is 1.37. The maximum Gasteiger partial charge on any atom is 0.266 e. The number of aromatic nitrogens is 1. The molecule has 8 nitrogen and oxygen atoms in total. The largest absolute Gasteiger partial charge is 0.494 e. The average molecular weight is 519 g/mol. The fourth-order valence-electron chi connectivity index (χ4n) is 4.48. The van der Waals surface area contributed by atoms with Crippen molar-refractivity contribution in [3.05, 3.63) is 65.2 Å². The van der Waals surface area contributed by atoms with Gasteiger partial charge in [-0.2, -0.15) is 0 Å². The van der Waals surface area contributed by atoms with E-state index in [4.69, 9.17) is 14.5 Å². The summed E-state index contributed by atoms with van der Waals surface area (Å²) in [5.74, 6) is 0.785.